The minimum absolute atomic E-state index is 0.0258. The van der Waals surface area contributed by atoms with Crippen LogP contribution in [0.3, 0.4) is 0 Å². The Morgan fingerprint density at radius 2 is 1.75 bits per heavy atom. The summed E-state index contributed by atoms with van der Waals surface area (Å²) in [4.78, 5) is 12.8. The molecule has 6 heteroatoms. The van der Waals surface area contributed by atoms with E-state index in [1.807, 2.05) is 26.8 Å². The number of ether oxygens (including phenoxy) is 3. The Labute approximate surface area is 173 Å². The van der Waals surface area contributed by atoms with Crippen LogP contribution in [0.15, 0.2) is 23.0 Å². The Morgan fingerprint density at radius 3 is 2.29 bits per heavy atom. The maximum absolute atomic E-state index is 12.8. The average molecular weight is 415 g/mol. The van der Waals surface area contributed by atoms with Gasteiger partial charge >= 0.3 is 0 Å². The van der Waals surface area contributed by atoms with Gasteiger partial charge in [0, 0.05) is 25.7 Å². The molecule has 28 heavy (non-hydrogen) atoms. The maximum Gasteiger partial charge on any atom is 0.192 e. The highest BCUT2D eigenvalue weighted by Gasteiger charge is 2.36. The van der Waals surface area contributed by atoms with Crippen molar-refractivity contribution in [2.75, 3.05) is 33.7 Å². The fourth-order valence-electron chi connectivity index (χ4n) is 2.28. The summed E-state index contributed by atoms with van der Waals surface area (Å²) in [5.41, 5.74) is 1.39. The molecule has 0 aliphatic rings. The van der Waals surface area contributed by atoms with Gasteiger partial charge in [-0.05, 0) is 57.3 Å². The van der Waals surface area contributed by atoms with Crippen molar-refractivity contribution in [1.29, 1.82) is 0 Å². The molecular formula is C22H42O5Si. The lowest BCUT2D eigenvalue weighted by atomic mass is 10.0. The zero-order chi connectivity index (χ0) is 21.8. The summed E-state index contributed by atoms with van der Waals surface area (Å²) in [7, 11) is -0.204. The van der Waals surface area contributed by atoms with Crippen LogP contribution >= 0.6 is 0 Å². The number of rotatable bonds is 14. The largest absolute Gasteiger partial charge is 0.498 e. The van der Waals surface area contributed by atoms with Gasteiger partial charge in [-0.1, -0.05) is 26.8 Å². The first-order valence-corrected chi connectivity index (χ1v) is 13.1. The molecule has 0 aromatic carbocycles. The summed E-state index contributed by atoms with van der Waals surface area (Å²) in [6, 6.07) is 0. The predicted molar refractivity (Wildman–Crippen MR) is 118 cm³/mol. The lowest BCUT2D eigenvalue weighted by Crippen LogP contribution is -2.40. The van der Waals surface area contributed by atoms with Gasteiger partial charge in [0.25, 0.3) is 0 Å². The highest BCUT2D eigenvalue weighted by atomic mass is 28.4. The lowest BCUT2D eigenvalue weighted by Gasteiger charge is -2.35. The first-order valence-electron chi connectivity index (χ1n) is 10.2. The highest BCUT2D eigenvalue weighted by Crippen LogP contribution is 2.36. The van der Waals surface area contributed by atoms with E-state index < -0.39 is 8.32 Å². The maximum atomic E-state index is 12.8. The summed E-state index contributed by atoms with van der Waals surface area (Å²) in [6.07, 6.45) is 4.43. The van der Waals surface area contributed by atoms with Crippen LogP contribution in [0.4, 0.5) is 0 Å². The van der Waals surface area contributed by atoms with Crippen molar-refractivity contribution in [3.8, 4) is 0 Å². The quantitative estimate of drug-likeness (QED) is 0.121. The smallest absolute Gasteiger partial charge is 0.192 e. The van der Waals surface area contributed by atoms with Crippen molar-refractivity contribution >= 4 is 14.1 Å². The average Bonchev–Trinajstić information content (AvgIpc) is 2.61. The number of hydrogen-bond acceptors (Lipinski definition) is 5. The van der Waals surface area contributed by atoms with Crippen LogP contribution in [0.1, 0.15) is 60.8 Å². The van der Waals surface area contributed by atoms with Crippen molar-refractivity contribution in [1.82, 2.24) is 0 Å². The molecule has 0 radical (unpaired) electrons. The van der Waals surface area contributed by atoms with Crippen molar-refractivity contribution in [2.45, 2.75) is 78.9 Å². The fourth-order valence-corrected chi connectivity index (χ4v) is 3.21. The van der Waals surface area contributed by atoms with E-state index in [0.717, 1.165) is 25.0 Å². The van der Waals surface area contributed by atoms with Crippen molar-refractivity contribution in [3.63, 3.8) is 0 Å². The molecule has 0 bridgehead atoms. The Morgan fingerprint density at radius 1 is 1.11 bits per heavy atom. The third-order valence-corrected chi connectivity index (χ3v) is 9.72. The Balaban J connectivity index is 4.86. The number of hydrogen-bond donors (Lipinski definition) is 0. The van der Waals surface area contributed by atoms with Gasteiger partial charge in [-0.2, -0.15) is 0 Å². The van der Waals surface area contributed by atoms with E-state index in [1.165, 1.54) is 0 Å². The minimum atomic E-state index is -1.81. The lowest BCUT2D eigenvalue weighted by molar-refractivity contribution is -0.112. The molecule has 164 valence electrons. The summed E-state index contributed by atoms with van der Waals surface area (Å²) in [5.74, 6) is 0.801. The van der Waals surface area contributed by atoms with Crippen LogP contribution in [0.5, 0.6) is 0 Å². The van der Waals surface area contributed by atoms with Gasteiger partial charge in [-0.25, -0.2) is 0 Å². The topological polar surface area (TPSA) is 54.0 Å². The van der Waals surface area contributed by atoms with Crippen molar-refractivity contribution < 1.29 is 23.4 Å². The molecule has 5 nitrogen and oxygen atoms in total. The van der Waals surface area contributed by atoms with Crippen LogP contribution in [0, 0.1) is 0 Å². The summed E-state index contributed by atoms with van der Waals surface area (Å²) in [5, 5.41) is 0.156. The minimum Gasteiger partial charge on any atom is -0.498 e. The first kappa shape index (κ1) is 27.0. The number of ketones is 1. The second kappa shape index (κ2) is 13.3. The van der Waals surface area contributed by atoms with Crippen LogP contribution in [-0.2, 0) is 23.4 Å². The third-order valence-electron chi connectivity index (χ3n) is 5.22. The van der Waals surface area contributed by atoms with Crippen LogP contribution in [0.2, 0.25) is 18.1 Å². The fraction of sp³-hybridized carbons (Fsp3) is 0.773. The van der Waals surface area contributed by atoms with Gasteiger partial charge in [-0.3, -0.25) is 4.79 Å². The van der Waals surface area contributed by atoms with E-state index in [1.54, 1.807) is 7.11 Å². The number of allylic oxidation sites excluding steroid dienone is 3. The second-order valence-electron chi connectivity index (χ2n) is 8.54. The number of methoxy groups -OCH3 is 1. The molecule has 0 aliphatic carbocycles. The number of carbonyl (C=O) groups excluding carboxylic acids is 1. The summed E-state index contributed by atoms with van der Waals surface area (Å²) >= 11 is 0. The number of carbonyl (C=O) groups is 1. The molecule has 0 amide bonds. The molecule has 0 atom stereocenters. The highest BCUT2D eigenvalue weighted by molar-refractivity contribution is 6.74. The van der Waals surface area contributed by atoms with Gasteiger partial charge < -0.3 is 18.6 Å². The molecule has 0 rings (SSSR count). The van der Waals surface area contributed by atoms with E-state index in [-0.39, 0.29) is 10.8 Å². The zero-order valence-corrected chi connectivity index (χ0v) is 20.6. The molecule has 0 aliphatic heterocycles. The Hall–Kier alpha value is -0.953. The van der Waals surface area contributed by atoms with E-state index in [0.29, 0.717) is 37.8 Å². The zero-order valence-electron chi connectivity index (χ0n) is 19.6. The Bertz CT molecular complexity index is 530. The van der Waals surface area contributed by atoms with E-state index in [9.17, 15) is 4.79 Å². The summed E-state index contributed by atoms with van der Waals surface area (Å²) < 4.78 is 22.1. The van der Waals surface area contributed by atoms with Gasteiger partial charge in [0.2, 0.25) is 0 Å². The molecule has 0 heterocycles. The van der Waals surface area contributed by atoms with Gasteiger partial charge in [0.05, 0.1) is 13.2 Å². The van der Waals surface area contributed by atoms with Gasteiger partial charge in [0.15, 0.2) is 14.1 Å². The normalized spacial score (nSPS) is 14.1. The predicted octanol–water partition coefficient (Wildman–Crippen LogP) is 5.62. The molecule has 0 saturated heterocycles. The molecule has 0 N–H and O–H groups in total. The van der Waals surface area contributed by atoms with Crippen LogP contribution < -0.4 is 0 Å². The second-order valence-corrected chi connectivity index (χ2v) is 13.3. The van der Waals surface area contributed by atoms with Crippen LogP contribution in [-0.4, -0.2) is 47.8 Å². The molecule has 0 spiro atoms. The molecular weight excluding hydrogens is 372 g/mol. The van der Waals surface area contributed by atoms with Gasteiger partial charge in [0.1, 0.15) is 12.6 Å². The molecule has 0 fully saturated rings. The number of unbranched alkanes of at least 4 members (excludes halogenated alkanes) is 1. The summed E-state index contributed by atoms with van der Waals surface area (Å²) in [6.45, 7) is 18.7. The Kier molecular flexibility index (Phi) is 12.9. The SMILES string of the molecule is CCO/C(CCCCOCOC)=C(/C)C(=O)/C(C)=C/CO[Si](C)(C)C(C)(C)C. The molecule has 0 saturated carbocycles. The third kappa shape index (κ3) is 10.0. The van der Waals surface area contributed by atoms with E-state index in [2.05, 4.69) is 33.9 Å². The van der Waals surface area contributed by atoms with E-state index >= 15 is 0 Å². The number of Topliss-reactive ketones (excluding diaryl/α,β-unsaturated/α-hetero) is 1. The monoisotopic (exact) mass is 414 g/mol. The molecule has 0 aromatic rings. The van der Waals surface area contributed by atoms with Gasteiger partial charge in [-0.15, -0.1) is 0 Å². The van der Waals surface area contributed by atoms with Crippen LogP contribution in [0.25, 0.3) is 0 Å². The first-order chi connectivity index (χ1) is 13.0. The molecule has 0 aromatic heterocycles. The molecule has 0 unspecified atom stereocenters. The van der Waals surface area contributed by atoms with Crippen molar-refractivity contribution in [3.05, 3.63) is 23.0 Å². The van der Waals surface area contributed by atoms with E-state index in [4.69, 9.17) is 18.6 Å². The standard InChI is InChI=1S/C22H42O5Si/c1-10-26-20(13-11-12-15-25-17-24-7)19(3)21(23)18(2)14-16-27-28(8,9)22(4,5)6/h14H,10-13,15-17H2,1-9H3/b18-14+,20-19-. The van der Waals surface area contributed by atoms with Crippen molar-refractivity contribution in [2.24, 2.45) is 0 Å².